The summed E-state index contributed by atoms with van der Waals surface area (Å²) < 4.78 is 28.5. The van der Waals surface area contributed by atoms with Gasteiger partial charge in [0.1, 0.15) is 5.82 Å². The van der Waals surface area contributed by atoms with Gasteiger partial charge in [0, 0.05) is 31.3 Å². The number of carbonyl (C=O) groups excluding carboxylic acids is 1. The van der Waals surface area contributed by atoms with E-state index in [0.29, 0.717) is 13.0 Å². The zero-order valence-corrected chi connectivity index (χ0v) is 15.3. The van der Waals surface area contributed by atoms with Crippen LogP contribution in [0.4, 0.5) is 0 Å². The average molecular weight is 385 g/mol. The van der Waals surface area contributed by atoms with Crippen molar-refractivity contribution in [3.63, 3.8) is 0 Å². The van der Waals surface area contributed by atoms with E-state index in [4.69, 9.17) is 0 Å². The van der Waals surface area contributed by atoms with Crippen molar-refractivity contribution in [2.24, 2.45) is 0 Å². The maximum Gasteiger partial charge on any atom is 0.251 e. The van der Waals surface area contributed by atoms with E-state index in [0.717, 1.165) is 11.5 Å². The molecule has 2 heterocycles. The molecule has 0 spiro atoms. The van der Waals surface area contributed by atoms with Crippen molar-refractivity contribution in [2.45, 2.75) is 11.3 Å². The topological polar surface area (TPSA) is 105 Å². The van der Waals surface area contributed by atoms with E-state index in [1.807, 2.05) is 28.8 Å². The minimum absolute atomic E-state index is 0.0282. The molecular formula is C18H19N5O3S. The van der Waals surface area contributed by atoms with Gasteiger partial charge in [0.25, 0.3) is 5.91 Å². The number of nitrogens with one attached hydrogen (secondary N) is 2. The number of sulfonamides is 1. The number of fused-ring (bicyclic) bond motifs is 1. The van der Waals surface area contributed by atoms with E-state index in [-0.39, 0.29) is 22.9 Å². The Bertz CT molecular complexity index is 1080. The number of rotatable bonds is 8. The van der Waals surface area contributed by atoms with E-state index in [9.17, 15) is 13.2 Å². The molecule has 2 N–H and O–H groups in total. The lowest BCUT2D eigenvalue weighted by molar-refractivity contribution is 0.0953. The normalized spacial score (nSPS) is 11.4. The molecule has 0 fully saturated rings. The molecule has 0 bridgehead atoms. The number of hydrogen-bond donors (Lipinski definition) is 2. The molecule has 3 rings (SSSR count). The summed E-state index contributed by atoms with van der Waals surface area (Å²) in [5.74, 6) is 0.375. The van der Waals surface area contributed by atoms with Gasteiger partial charge in [-0.15, -0.1) is 16.8 Å². The van der Waals surface area contributed by atoms with Gasteiger partial charge in [-0.25, -0.2) is 13.1 Å². The van der Waals surface area contributed by atoms with Crippen LogP contribution in [0, 0.1) is 0 Å². The molecule has 1 amide bonds. The highest BCUT2D eigenvalue weighted by Gasteiger charge is 2.15. The summed E-state index contributed by atoms with van der Waals surface area (Å²) in [5, 5.41) is 10.9. The number of carbonyl (C=O) groups is 1. The fraction of sp³-hybridized carbons (Fsp3) is 0.167. The average Bonchev–Trinajstić information content (AvgIpc) is 3.10. The summed E-state index contributed by atoms with van der Waals surface area (Å²) in [5.41, 5.74) is 1.01. The number of amides is 1. The van der Waals surface area contributed by atoms with Crippen molar-refractivity contribution in [1.29, 1.82) is 0 Å². The maximum atomic E-state index is 12.3. The fourth-order valence-corrected chi connectivity index (χ4v) is 3.55. The lowest BCUT2D eigenvalue weighted by Crippen LogP contribution is -2.27. The molecule has 0 saturated carbocycles. The lowest BCUT2D eigenvalue weighted by Gasteiger charge is -2.08. The standard InChI is InChI=1S/C18H19N5O3S/c1-2-10-20-27(25,26)15-7-5-6-14(13-15)18(24)19-11-9-17-22-21-16-8-3-4-12-23(16)17/h2-8,12-13,20H,1,9-11H2,(H,19,24). The van der Waals surface area contributed by atoms with Gasteiger partial charge in [-0.1, -0.05) is 18.2 Å². The van der Waals surface area contributed by atoms with Crippen LogP contribution < -0.4 is 10.0 Å². The van der Waals surface area contributed by atoms with E-state index < -0.39 is 10.0 Å². The molecule has 0 aliphatic carbocycles. The molecule has 0 radical (unpaired) electrons. The molecule has 140 valence electrons. The second-order valence-corrected chi connectivity index (χ2v) is 7.49. The van der Waals surface area contributed by atoms with E-state index >= 15 is 0 Å². The summed E-state index contributed by atoms with van der Waals surface area (Å²) in [6.07, 6.45) is 3.80. The number of benzene rings is 1. The fourth-order valence-electron chi connectivity index (χ4n) is 2.51. The first-order valence-electron chi connectivity index (χ1n) is 8.29. The Morgan fingerprint density at radius 2 is 2.04 bits per heavy atom. The van der Waals surface area contributed by atoms with Crippen molar-refractivity contribution < 1.29 is 13.2 Å². The summed E-state index contributed by atoms with van der Waals surface area (Å²) in [4.78, 5) is 12.4. The van der Waals surface area contributed by atoms with Crippen molar-refractivity contribution in [3.8, 4) is 0 Å². The smallest absolute Gasteiger partial charge is 0.251 e. The number of nitrogens with zero attached hydrogens (tertiary/aromatic N) is 3. The van der Waals surface area contributed by atoms with Crippen molar-refractivity contribution >= 4 is 21.6 Å². The van der Waals surface area contributed by atoms with Crippen LogP contribution in [0.2, 0.25) is 0 Å². The van der Waals surface area contributed by atoms with Crippen LogP contribution in [-0.4, -0.2) is 42.0 Å². The third-order valence-corrected chi connectivity index (χ3v) is 5.26. The van der Waals surface area contributed by atoms with Gasteiger partial charge in [-0.05, 0) is 30.3 Å². The van der Waals surface area contributed by atoms with Gasteiger partial charge in [-0.2, -0.15) is 0 Å². The molecule has 0 unspecified atom stereocenters. The molecule has 0 aliphatic heterocycles. The third kappa shape index (κ3) is 4.39. The van der Waals surface area contributed by atoms with E-state index in [1.165, 1.54) is 24.3 Å². The predicted octanol–water partition coefficient (Wildman–Crippen LogP) is 1.17. The highest BCUT2D eigenvalue weighted by Crippen LogP contribution is 2.11. The largest absolute Gasteiger partial charge is 0.352 e. The van der Waals surface area contributed by atoms with Gasteiger partial charge in [-0.3, -0.25) is 9.20 Å². The van der Waals surface area contributed by atoms with Gasteiger partial charge in [0.05, 0.1) is 4.90 Å². The van der Waals surface area contributed by atoms with Gasteiger partial charge in [0.15, 0.2) is 5.65 Å². The first-order valence-corrected chi connectivity index (χ1v) is 9.77. The molecule has 2 aromatic heterocycles. The molecular weight excluding hydrogens is 366 g/mol. The predicted molar refractivity (Wildman–Crippen MR) is 101 cm³/mol. The summed E-state index contributed by atoms with van der Waals surface area (Å²) in [7, 11) is -3.68. The Balaban J connectivity index is 1.64. The Morgan fingerprint density at radius 3 is 2.85 bits per heavy atom. The van der Waals surface area contributed by atoms with Crippen LogP contribution in [0.1, 0.15) is 16.2 Å². The van der Waals surface area contributed by atoms with Crippen LogP contribution >= 0.6 is 0 Å². The third-order valence-electron chi connectivity index (χ3n) is 3.84. The lowest BCUT2D eigenvalue weighted by atomic mass is 10.2. The highest BCUT2D eigenvalue weighted by molar-refractivity contribution is 7.89. The SMILES string of the molecule is C=CCNS(=O)(=O)c1cccc(C(=O)NCCc2nnc3ccccn23)c1. The minimum Gasteiger partial charge on any atom is -0.352 e. The molecule has 0 saturated heterocycles. The van der Waals surface area contributed by atoms with Crippen LogP contribution in [0.25, 0.3) is 5.65 Å². The van der Waals surface area contributed by atoms with Crippen molar-refractivity contribution in [2.75, 3.05) is 13.1 Å². The molecule has 9 heteroatoms. The van der Waals surface area contributed by atoms with E-state index in [1.54, 1.807) is 6.07 Å². The monoisotopic (exact) mass is 385 g/mol. The molecule has 1 aromatic carbocycles. The Labute approximate surface area is 157 Å². The Morgan fingerprint density at radius 1 is 1.19 bits per heavy atom. The van der Waals surface area contributed by atoms with Crippen LogP contribution in [0.5, 0.6) is 0 Å². The molecule has 8 nitrogen and oxygen atoms in total. The van der Waals surface area contributed by atoms with Gasteiger partial charge >= 0.3 is 0 Å². The second kappa shape index (κ2) is 8.11. The number of aromatic nitrogens is 3. The zero-order chi connectivity index (χ0) is 19.3. The first-order chi connectivity index (χ1) is 13.0. The second-order valence-electron chi connectivity index (χ2n) is 5.72. The van der Waals surface area contributed by atoms with Gasteiger partial charge in [0.2, 0.25) is 10.0 Å². The molecule has 27 heavy (non-hydrogen) atoms. The number of pyridine rings is 1. The van der Waals surface area contributed by atoms with E-state index in [2.05, 4.69) is 26.8 Å². The highest BCUT2D eigenvalue weighted by atomic mass is 32.2. The summed E-state index contributed by atoms with van der Waals surface area (Å²) >= 11 is 0. The number of hydrogen-bond acceptors (Lipinski definition) is 5. The van der Waals surface area contributed by atoms with Crippen LogP contribution in [0.15, 0.2) is 66.2 Å². The van der Waals surface area contributed by atoms with Crippen LogP contribution in [0.3, 0.4) is 0 Å². The molecule has 0 atom stereocenters. The van der Waals surface area contributed by atoms with Crippen molar-refractivity contribution in [1.82, 2.24) is 24.6 Å². The zero-order valence-electron chi connectivity index (χ0n) is 14.5. The first kappa shape index (κ1) is 18.7. The minimum atomic E-state index is -3.68. The molecule has 0 aliphatic rings. The van der Waals surface area contributed by atoms with Crippen LogP contribution in [-0.2, 0) is 16.4 Å². The van der Waals surface area contributed by atoms with Crippen molar-refractivity contribution in [3.05, 3.63) is 72.7 Å². The maximum absolute atomic E-state index is 12.3. The summed E-state index contributed by atoms with van der Waals surface area (Å²) in [6, 6.07) is 11.5. The van der Waals surface area contributed by atoms with Gasteiger partial charge < -0.3 is 5.32 Å². The molecule has 3 aromatic rings. The Hall–Kier alpha value is -3.04. The quantitative estimate of drug-likeness (QED) is 0.566. The Kier molecular flexibility index (Phi) is 5.63. The summed E-state index contributed by atoms with van der Waals surface area (Å²) in [6.45, 7) is 3.94.